The van der Waals surface area contributed by atoms with Crippen LogP contribution < -0.4 is 0 Å². The summed E-state index contributed by atoms with van der Waals surface area (Å²) in [6.45, 7) is 0.283. The van der Waals surface area contributed by atoms with Crippen LogP contribution in [0.4, 0.5) is 0 Å². The minimum absolute atomic E-state index is 0.0403. The molecule has 2 aromatic rings. The summed E-state index contributed by atoms with van der Waals surface area (Å²) in [5.74, 6) is 1.89. The van der Waals surface area contributed by atoms with E-state index in [1.807, 2.05) is 18.4 Å². The van der Waals surface area contributed by atoms with E-state index < -0.39 is 6.10 Å². The average Bonchev–Trinajstić information content (AvgIpc) is 2.90. The Morgan fingerprint density at radius 3 is 2.75 bits per heavy atom. The fourth-order valence-corrected chi connectivity index (χ4v) is 2.30. The van der Waals surface area contributed by atoms with Gasteiger partial charge < -0.3 is 10.2 Å². The summed E-state index contributed by atoms with van der Waals surface area (Å²) < 4.78 is 1.57. The van der Waals surface area contributed by atoms with Gasteiger partial charge in [-0.1, -0.05) is 0 Å². The standard InChI is InChI=1S/C13H18N4O2S/c1-20-9-4-11(19)13-15-12(16-17(13)7-8-18)10-2-5-14-6-3-10/h2-3,5-6,11,18-19H,4,7-9H2,1H3. The van der Waals surface area contributed by atoms with Gasteiger partial charge in [-0.2, -0.15) is 16.9 Å². The van der Waals surface area contributed by atoms with Gasteiger partial charge in [0.2, 0.25) is 0 Å². The predicted molar refractivity (Wildman–Crippen MR) is 78.3 cm³/mol. The lowest BCUT2D eigenvalue weighted by atomic mass is 10.2. The highest BCUT2D eigenvalue weighted by Gasteiger charge is 2.18. The molecular formula is C13H18N4O2S. The molecule has 2 rings (SSSR count). The molecule has 0 amide bonds. The number of aliphatic hydroxyl groups excluding tert-OH is 2. The van der Waals surface area contributed by atoms with Crippen LogP contribution in [0, 0.1) is 0 Å². The van der Waals surface area contributed by atoms with Gasteiger partial charge in [0.25, 0.3) is 0 Å². The molecule has 0 fully saturated rings. The fourth-order valence-electron chi connectivity index (χ4n) is 1.84. The lowest BCUT2D eigenvalue weighted by molar-refractivity contribution is 0.155. The number of rotatable bonds is 7. The number of hydrogen-bond donors (Lipinski definition) is 2. The van der Waals surface area contributed by atoms with E-state index in [0.717, 1.165) is 11.3 Å². The minimum atomic E-state index is -0.669. The van der Waals surface area contributed by atoms with Crippen LogP contribution in [0.25, 0.3) is 11.4 Å². The van der Waals surface area contributed by atoms with E-state index in [1.165, 1.54) is 0 Å². The first-order chi connectivity index (χ1) is 9.76. The second-order valence-electron chi connectivity index (χ2n) is 4.27. The van der Waals surface area contributed by atoms with Crippen molar-refractivity contribution in [2.24, 2.45) is 0 Å². The number of aliphatic hydroxyl groups is 2. The Hall–Kier alpha value is -1.44. The molecular weight excluding hydrogens is 276 g/mol. The molecule has 20 heavy (non-hydrogen) atoms. The molecule has 6 nitrogen and oxygen atoms in total. The molecule has 2 N–H and O–H groups in total. The van der Waals surface area contributed by atoms with Crippen molar-refractivity contribution in [1.29, 1.82) is 0 Å². The maximum atomic E-state index is 10.2. The second-order valence-corrected chi connectivity index (χ2v) is 5.26. The smallest absolute Gasteiger partial charge is 0.181 e. The van der Waals surface area contributed by atoms with E-state index in [1.54, 1.807) is 28.8 Å². The molecule has 0 aromatic carbocycles. The van der Waals surface area contributed by atoms with Gasteiger partial charge in [-0.05, 0) is 30.6 Å². The van der Waals surface area contributed by atoms with Crippen molar-refractivity contribution in [3.05, 3.63) is 30.4 Å². The molecule has 0 saturated carbocycles. The number of hydrogen-bond acceptors (Lipinski definition) is 6. The molecule has 0 radical (unpaired) electrons. The van der Waals surface area contributed by atoms with E-state index in [4.69, 9.17) is 5.11 Å². The first kappa shape index (κ1) is 15.0. The highest BCUT2D eigenvalue weighted by Crippen LogP contribution is 2.21. The van der Waals surface area contributed by atoms with E-state index in [2.05, 4.69) is 15.1 Å². The van der Waals surface area contributed by atoms with E-state index >= 15 is 0 Å². The third kappa shape index (κ3) is 3.56. The van der Waals surface area contributed by atoms with Crippen molar-refractivity contribution < 1.29 is 10.2 Å². The lowest BCUT2D eigenvalue weighted by Gasteiger charge is -2.09. The van der Waals surface area contributed by atoms with E-state index in [9.17, 15) is 5.11 Å². The van der Waals surface area contributed by atoms with Gasteiger partial charge in [-0.25, -0.2) is 9.67 Å². The largest absolute Gasteiger partial charge is 0.394 e. The Kier molecular flexibility index (Phi) is 5.51. The van der Waals surface area contributed by atoms with Crippen LogP contribution in [0.3, 0.4) is 0 Å². The summed E-state index contributed by atoms with van der Waals surface area (Å²) >= 11 is 1.67. The molecule has 108 valence electrons. The van der Waals surface area contributed by atoms with Gasteiger partial charge in [0, 0.05) is 18.0 Å². The van der Waals surface area contributed by atoms with Crippen molar-refractivity contribution in [1.82, 2.24) is 19.7 Å². The average molecular weight is 294 g/mol. The van der Waals surface area contributed by atoms with Gasteiger partial charge >= 0.3 is 0 Å². The Balaban J connectivity index is 2.28. The van der Waals surface area contributed by atoms with Crippen LogP contribution in [0.5, 0.6) is 0 Å². The third-order valence-electron chi connectivity index (χ3n) is 2.84. The van der Waals surface area contributed by atoms with E-state index in [-0.39, 0.29) is 6.61 Å². The van der Waals surface area contributed by atoms with Crippen molar-refractivity contribution in [2.45, 2.75) is 19.1 Å². The zero-order chi connectivity index (χ0) is 14.4. The molecule has 2 heterocycles. The predicted octanol–water partition coefficient (Wildman–Crippen LogP) is 1.12. The molecule has 1 unspecified atom stereocenters. The van der Waals surface area contributed by atoms with Crippen LogP contribution in [-0.4, -0.2) is 48.6 Å². The van der Waals surface area contributed by atoms with Crippen molar-refractivity contribution >= 4 is 11.8 Å². The van der Waals surface area contributed by atoms with Crippen LogP contribution in [-0.2, 0) is 6.54 Å². The van der Waals surface area contributed by atoms with Crippen molar-refractivity contribution in [2.75, 3.05) is 18.6 Å². The molecule has 0 saturated heterocycles. The van der Waals surface area contributed by atoms with Gasteiger partial charge in [-0.3, -0.25) is 4.98 Å². The Morgan fingerprint density at radius 1 is 1.35 bits per heavy atom. The van der Waals surface area contributed by atoms with Gasteiger partial charge in [0.05, 0.1) is 13.2 Å². The van der Waals surface area contributed by atoms with Gasteiger partial charge in [0.15, 0.2) is 11.6 Å². The molecule has 0 aliphatic heterocycles. The summed E-state index contributed by atoms with van der Waals surface area (Å²) in [6.07, 6.45) is 5.28. The highest BCUT2D eigenvalue weighted by molar-refractivity contribution is 7.98. The Morgan fingerprint density at radius 2 is 2.10 bits per heavy atom. The maximum Gasteiger partial charge on any atom is 0.181 e. The zero-order valence-corrected chi connectivity index (χ0v) is 12.1. The van der Waals surface area contributed by atoms with E-state index in [0.29, 0.717) is 24.6 Å². The number of thioether (sulfide) groups is 1. The third-order valence-corrected chi connectivity index (χ3v) is 3.49. The first-order valence-corrected chi connectivity index (χ1v) is 7.78. The number of aromatic nitrogens is 4. The Bertz CT molecular complexity index is 532. The zero-order valence-electron chi connectivity index (χ0n) is 11.3. The SMILES string of the molecule is CSCCC(O)c1nc(-c2ccncc2)nn1CCO. The molecule has 0 bridgehead atoms. The molecule has 0 aliphatic carbocycles. The quantitative estimate of drug-likeness (QED) is 0.796. The molecule has 7 heteroatoms. The summed E-state index contributed by atoms with van der Waals surface area (Å²) in [4.78, 5) is 8.36. The van der Waals surface area contributed by atoms with Crippen LogP contribution >= 0.6 is 11.8 Å². The maximum absolute atomic E-state index is 10.2. The van der Waals surface area contributed by atoms with Crippen LogP contribution in [0.15, 0.2) is 24.5 Å². The normalized spacial score (nSPS) is 12.6. The first-order valence-electron chi connectivity index (χ1n) is 6.39. The second kappa shape index (κ2) is 7.37. The summed E-state index contributed by atoms with van der Waals surface area (Å²) in [6, 6.07) is 3.63. The lowest BCUT2D eigenvalue weighted by Crippen LogP contribution is -2.13. The number of nitrogens with zero attached hydrogens (tertiary/aromatic N) is 4. The van der Waals surface area contributed by atoms with Gasteiger partial charge in [0.1, 0.15) is 6.10 Å². The molecule has 0 spiro atoms. The summed E-state index contributed by atoms with van der Waals surface area (Å²) in [5.41, 5.74) is 0.843. The molecule has 1 atom stereocenters. The fraction of sp³-hybridized carbons (Fsp3) is 0.462. The monoisotopic (exact) mass is 294 g/mol. The summed E-state index contributed by atoms with van der Waals surface area (Å²) in [7, 11) is 0. The Labute approximate surface area is 121 Å². The molecule has 0 aliphatic rings. The van der Waals surface area contributed by atoms with Crippen molar-refractivity contribution in [3.63, 3.8) is 0 Å². The van der Waals surface area contributed by atoms with Crippen LogP contribution in [0.1, 0.15) is 18.3 Å². The summed E-state index contributed by atoms with van der Waals surface area (Å²) in [5, 5.41) is 23.6. The highest BCUT2D eigenvalue weighted by atomic mass is 32.2. The van der Waals surface area contributed by atoms with Gasteiger partial charge in [-0.15, -0.1) is 0 Å². The topological polar surface area (TPSA) is 84.1 Å². The van der Waals surface area contributed by atoms with Crippen LogP contribution in [0.2, 0.25) is 0 Å². The minimum Gasteiger partial charge on any atom is -0.394 e. The number of pyridine rings is 1. The van der Waals surface area contributed by atoms with Crippen molar-refractivity contribution in [3.8, 4) is 11.4 Å². The molecule has 2 aromatic heterocycles.